The second-order valence-electron chi connectivity index (χ2n) is 7.32. The van der Waals surface area contributed by atoms with E-state index >= 15 is 0 Å². The highest BCUT2D eigenvalue weighted by Crippen LogP contribution is 2.13. The van der Waals surface area contributed by atoms with Gasteiger partial charge in [-0.25, -0.2) is 0 Å². The molecule has 0 aliphatic carbocycles. The molecular formula is C23H39NO2S. The fourth-order valence-electron chi connectivity index (χ4n) is 3.07. The summed E-state index contributed by atoms with van der Waals surface area (Å²) in [6.07, 6.45) is 21.3. The van der Waals surface area contributed by atoms with Crippen LogP contribution in [-0.2, 0) is 16.1 Å². The van der Waals surface area contributed by atoms with E-state index in [4.69, 9.17) is 4.74 Å². The zero-order chi connectivity index (χ0) is 19.4. The molecule has 0 spiro atoms. The van der Waals surface area contributed by atoms with Gasteiger partial charge < -0.3 is 4.74 Å². The van der Waals surface area contributed by atoms with E-state index in [9.17, 15) is 4.79 Å². The molecule has 1 rings (SSSR count). The van der Waals surface area contributed by atoms with E-state index in [1.807, 2.05) is 12.1 Å². The average molecular weight is 394 g/mol. The Morgan fingerprint density at radius 2 is 1.52 bits per heavy atom. The number of pyridine rings is 1. The number of thioether (sulfide) groups is 1. The molecule has 0 unspecified atom stereocenters. The molecule has 0 bridgehead atoms. The van der Waals surface area contributed by atoms with Gasteiger partial charge in [-0.15, -0.1) is 0 Å². The number of rotatable bonds is 18. The molecule has 0 fully saturated rings. The molecule has 0 radical (unpaired) electrons. The Morgan fingerprint density at radius 3 is 2.07 bits per heavy atom. The number of carbonyl (C=O) groups is 1. The maximum atomic E-state index is 11.7. The van der Waals surface area contributed by atoms with E-state index in [2.05, 4.69) is 11.9 Å². The first-order chi connectivity index (χ1) is 13.3. The van der Waals surface area contributed by atoms with Gasteiger partial charge in [0.05, 0.1) is 5.75 Å². The summed E-state index contributed by atoms with van der Waals surface area (Å²) in [6, 6.07) is 3.77. The third-order valence-corrected chi connectivity index (χ3v) is 5.75. The Bertz CT molecular complexity index is 453. The van der Waals surface area contributed by atoms with E-state index in [1.54, 1.807) is 24.2 Å². The summed E-state index contributed by atoms with van der Waals surface area (Å²) in [5, 5.41) is 0. The molecule has 0 atom stereocenters. The van der Waals surface area contributed by atoms with Crippen molar-refractivity contribution in [2.24, 2.45) is 0 Å². The zero-order valence-electron chi connectivity index (χ0n) is 17.3. The van der Waals surface area contributed by atoms with Gasteiger partial charge in [-0.3, -0.25) is 9.78 Å². The van der Waals surface area contributed by atoms with Crippen molar-refractivity contribution in [3.63, 3.8) is 0 Å². The maximum absolute atomic E-state index is 11.7. The lowest BCUT2D eigenvalue weighted by atomic mass is 10.1. The van der Waals surface area contributed by atoms with Crippen LogP contribution in [0.5, 0.6) is 0 Å². The molecule has 3 nitrogen and oxygen atoms in total. The Morgan fingerprint density at radius 1 is 0.926 bits per heavy atom. The zero-order valence-corrected chi connectivity index (χ0v) is 18.1. The van der Waals surface area contributed by atoms with Crippen LogP contribution in [0.25, 0.3) is 0 Å². The summed E-state index contributed by atoms with van der Waals surface area (Å²) in [7, 11) is 0. The molecule has 1 aromatic heterocycles. The molecule has 0 amide bonds. The Balaban J connectivity index is 1.77. The van der Waals surface area contributed by atoms with Crippen molar-refractivity contribution in [2.75, 3.05) is 11.5 Å². The molecule has 1 aromatic rings. The highest BCUT2D eigenvalue weighted by Gasteiger charge is 2.03. The fraction of sp³-hybridized carbons (Fsp3) is 0.739. The monoisotopic (exact) mass is 393 g/mol. The molecule has 0 aliphatic rings. The number of unbranched alkanes of at least 4 members (excludes halogenated alkanes) is 12. The Kier molecular flexibility index (Phi) is 16.3. The number of esters is 1. The van der Waals surface area contributed by atoms with E-state index in [1.165, 1.54) is 83.5 Å². The van der Waals surface area contributed by atoms with Gasteiger partial charge in [0.2, 0.25) is 0 Å². The largest absolute Gasteiger partial charge is 0.460 e. The Hall–Kier alpha value is -1.03. The first kappa shape index (κ1) is 24.0. The van der Waals surface area contributed by atoms with E-state index in [0.717, 1.165) is 11.3 Å². The molecule has 4 heteroatoms. The lowest BCUT2D eigenvalue weighted by Gasteiger charge is -2.05. The minimum Gasteiger partial charge on any atom is -0.460 e. The summed E-state index contributed by atoms with van der Waals surface area (Å²) >= 11 is 1.69. The summed E-state index contributed by atoms with van der Waals surface area (Å²) < 4.78 is 5.25. The minimum atomic E-state index is -0.126. The van der Waals surface area contributed by atoms with Gasteiger partial charge >= 0.3 is 5.97 Å². The summed E-state index contributed by atoms with van der Waals surface area (Å²) in [5.74, 6) is 1.39. The second-order valence-corrected chi connectivity index (χ2v) is 8.42. The van der Waals surface area contributed by atoms with Crippen molar-refractivity contribution < 1.29 is 9.53 Å². The standard InChI is InChI=1S/C23H39NO2S/c1-2-3-4-5-6-7-8-9-10-11-12-13-14-18-27-21-23(25)26-20-22-16-15-17-24-19-22/h15-17,19H,2-14,18,20-21H2,1H3. The van der Waals surface area contributed by atoms with Crippen LogP contribution in [0.3, 0.4) is 0 Å². The van der Waals surface area contributed by atoms with Crippen LogP contribution < -0.4 is 0 Å². The van der Waals surface area contributed by atoms with E-state index in [0.29, 0.717) is 12.4 Å². The Labute approximate surface area is 171 Å². The molecule has 0 saturated carbocycles. The van der Waals surface area contributed by atoms with Gasteiger partial charge in [-0.2, -0.15) is 11.8 Å². The molecule has 0 aliphatic heterocycles. The van der Waals surface area contributed by atoms with Crippen molar-refractivity contribution in [3.05, 3.63) is 30.1 Å². The summed E-state index contributed by atoms with van der Waals surface area (Å²) in [6.45, 7) is 2.60. The second kappa shape index (κ2) is 18.3. The highest BCUT2D eigenvalue weighted by molar-refractivity contribution is 7.99. The lowest BCUT2D eigenvalue weighted by Crippen LogP contribution is -2.07. The van der Waals surface area contributed by atoms with Crippen molar-refractivity contribution in [1.29, 1.82) is 0 Å². The third kappa shape index (κ3) is 15.7. The molecule has 0 saturated heterocycles. The molecule has 0 N–H and O–H groups in total. The summed E-state index contributed by atoms with van der Waals surface area (Å²) in [5.41, 5.74) is 0.937. The third-order valence-electron chi connectivity index (χ3n) is 4.73. The predicted molar refractivity (Wildman–Crippen MR) is 117 cm³/mol. The van der Waals surface area contributed by atoms with Gasteiger partial charge in [-0.05, 0) is 18.2 Å². The number of nitrogens with zero attached hydrogens (tertiary/aromatic N) is 1. The molecule has 27 heavy (non-hydrogen) atoms. The van der Waals surface area contributed by atoms with Gasteiger partial charge in [0, 0.05) is 18.0 Å². The number of hydrogen-bond acceptors (Lipinski definition) is 4. The van der Waals surface area contributed by atoms with Crippen LogP contribution in [0.2, 0.25) is 0 Å². The van der Waals surface area contributed by atoms with Gasteiger partial charge in [0.25, 0.3) is 0 Å². The van der Waals surface area contributed by atoms with Crippen molar-refractivity contribution in [1.82, 2.24) is 4.98 Å². The summed E-state index contributed by atoms with van der Waals surface area (Å²) in [4.78, 5) is 15.7. The van der Waals surface area contributed by atoms with Crippen molar-refractivity contribution in [3.8, 4) is 0 Å². The van der Waals surface area contributed by atoms with Crippen LogP contribution >= 0.6 is 11.8 Å². The molecule has 154 valence electrons. The highest BCUT2D eigenvalue weighted by atomic mass is 32.2. The smallest absolute Gasteiger partial charge is 0.316 e. The topological polar surface area (TPSA) is 39.2 Å². The molecular weight excluding hydrogens is 354 g/mol. The van der Waals surface area contributed by atoms with Crippen LogP contribution in [0.15, 0.2) is 24.5 Å². The first-order valence-corrected chi connectivity index (χ1v) is 12.1. The maximum Gasteiger partial charge on any atom is 0.316 e. The predicted octanol–water partition coefficient (Wildman–Crippen LogP) is 6.95. The number of ether oxygens (including phenoxy) is 1. The van der Waals surface area contributed by atoms with E-state index < -0.39 is 0 Å². The average Bonchev–Trinajstić information content (AvgIpc) is 2.70. The van der Waals surface area contributed by atoms with Crippen LogP contribution in [0.4, 0.5) is 0 Å². The number of carbonyl (C=O) groups excluding carboxylic acids is 1. The van der Waals surface area contributed by atoms with Gasteiger partial charge in [0.1, 0.15) is 6.61 Å². The van der Waals surface area contributed by atoms with Gasteiger partial charge in [0.15, 0.2) is 0 Å². The van der Waals surface area contributed by atoms with Crippen LogP contribution in [0.1, 0.15) is 96.0 Å². The quantitative estimate of drug-likeness (QED) is 0.200. The van der Waals surface area contributed by atoms with Crippen molar-refractivity contribution in [2.45, 2.75) is 97.0 Å². The SMILES string of the molecule is CCCCCCCCCCCCCCCSCC(=O)OCc1cccnc1. The normalized spacial score (nSPS) is 10.9. The van der Waals surface area contributed by atoms with Gasteiger partial charge in [-0.1, -0.05) is 90.0 Å². The van der Waals surface area contributed by atoms with Crippen LogP contribution in [0, 0.1) is 0 Å². The molecule has 0 aromatic carbocycles. The lowest BCUT2D eigenvalue weighted by molar-refractivity contribution is -0.141. The van der Waals surface area contributed by atoms with Crippen LogP contribution in [-0.4, -0.2) is 22.5 Å². The fourth-order valence-corrected chi connectivity index (χ4v) is 3.87. The number of aromatic nitrogens is 1. The van der Waals surface area contributed by atoms with Crippen molar-refractivity contribution >= 4 is 17.7 Å². The number of hydrogen-bond donors (Lipinski definition) is 0. The first-order valence-electron chi connectivity index (χ1n) is 10.9. The molecule has 1 heterocycles. The minimum absolute atomic E-state index is 0.126. The van der Waals surface area contributed by atoms with E-state index in [-0.39, 0.29) is 5.97 Å².